The average molecular weight is 575 g/mol. The zero-order valence-corrected chi connectivity index (χ0v) is 23.1. The number of alkyl halides is 2. The van der Waals surface area contributed by atoms with E-state index in [0.29, 0.717) is 30.7 Å². The number of benzene rings is 1. The molecule has 5 rings (SSSR count). The standard InChI is InChI=1S/C31H29F3N6O2/c1-4-21(42-29(33)34)7-5-6-8-26(41)38-24-11-18(2)40-25-13-19(9-10-23(25)39-28(24)40)20-12-22(32)27(37-14-20)31(36)15-30(3,16-31)17-35/h1,5-7,9-10,12-14,18,24,29H,8,11,15-16,36H2,2-3H3,(H,38,41)/b6-5-,21-7+/t18-,24+,30-,31+/m0/s1. The van der Waals surface area contributed by atoms with E-state index in [1.54, 1.807) is 6.20 Å². The highest BCUT2D eigenvalue weighted by molar-refractivity contribution is 5.84. The van der Waals surface area contributed by atoms with Gasteiger partial charge in [-0.25, -0.2) is 9.37 Å². The summed E-state index contributed by atoms with van der Waals surface area (Å²) in [5.74, 6) is 1.60. The van der Waals surface area contributed by atoms with Crippen LogP contribution in [0.2, 0.25) is 0 Å². The molecule has 3 N–H and O–H groups in total. The van der Waals surface area contributed by atoms with Crippen molar-refractivity contribution in [1.82, 2.24) is 19.9 Å². The highest BCUT2D eigenvalue weighted by Crippen LogP contribution is 2.52. The van der Waals surface area contributed by atoms with Crippen LogP contribution in [0, 0.1) is 34.9 Å². The molecule has 0 bridgehead atoms. The van der Waals surface area contributed by atoms with Crippen molar-refractivity contribution < 1.29 is 22.7 Å². The monoisotopic (exact) mass is 574 g/mol. The summed E-state index contributed by atoms with van der Waals surface area (Å²) < 4.78 is 46.0. The molecule has 3 aromatic rings. The van der Waals surface area contributed by atoms with E-state index in [1.807, 2.05) is 38.0 Å². The van der Waals surface area contributed by atoms with Gasteiger partial charge in [-0.1, -0.05) is 18.2 Å². The molecule has 1 aliphatic heterocycles. The molecule has 11 heteroatoms. The van der Waals surface area contributed by atoms with Crippen molar-refractivity contribution in [3.05, 3.63) is 71.8 Å². The number of nitrogens with zero attached hydrogens (tertiary/aromatic N) is 4. The van der Waals surface area contributed by atoms with Crippen LogP contribution in [-0.4, -0.2) is 27.1 Å². The summed E-state index contributed by atoms with van der Waals surface area (Å²) in [5.41, 5.74) is 7.94. The molecule has 0 spiro atoms. The van der Waals surface area contributed by atoms with Gasteiger partial charge in [-0.05, 0) is 68.9 Å². The number of pyridine rings is 1. The number of nitriles is 1. The van der Waals surface area contributed by atoms with Gasteiger partial charge < -0.3 is 20.4 Å². The van der Waals surface area contributed by atoms with Gasteiger partial charge in [0.15, 0.2) is 5.76 Å². The third-order valence-electron chi connectivity index (χ3n) is 7.75. The number of rotatable bonds is 8. The van der Waals surface area contributed by atoms with Crippen molar-refractivity contribution in [2.75, 3.05) is 0 Å². The zero-order chi connectivity index (χ0) is 30.2. The van der Waals surface area contributed by atoms with E-state index in [2.05, 4.69) is 25.7 Å². The maximum absolute atomic E-state index is 15.2. The molecule has 1 aromatic carbocycles. The molecule has 1 amide bonds. The normalized spacial score (nSPS) is 25.2. The van der Waals surface area contributed by atoms with Gasteiger partial charge in [0.1, 0.15) is 11.6 Å². The third-order valence-corrected chi connectivity index (χ3v) is 7.75. The number of allylic oxidation sites excluding steroid dienone is 3. The van der Waals surface area contributed by atoms with Gasteiger partial charge >= 0.3 is 6.61 Å². The molecule has 1 aliphatic carbocycles. The average Bonchev–Trinajstić information content (AvgIpc) is 3.45. The Hall–Kier alpha value is -4.61. The first-order valence-corrected chi connectivity index (χ1v) is 13.4. The van der Waals surface area contributed by atoms with Crippen molar-refractivity contribution in [3.63, 3.8) is 0 Å². The fraction of sp³-hybridized carbons (Fsp3) is 0.355. The number of carbonyl (C=O) groups excluding carboxylic acids is 1. The van der Waals surface area contributed by atoms with Crippen LogP contribution >= 0.6 is 0 Å². The van der Waals surface area contributed by atoms with Gasteiger partial charge in [0, 0.05) is 24.2 Å². The summed E-state index contributed by atoms with van der Waals surface area (Å²) in [5, 5.41) is 12.3. The minimum atomic E-state index is -3.03. The largest absolute Gasteiger partial charge is 0.426 e. The number of hydrogen-bond acceptors (Lipinski definition) is 6. The van der Waals surface area contributed by atoms with Gasteiger partial charge in [0.2, 0.25) is 5.91 Å². The Labute approximate surface area is 241 Å². The first-order valence-electron chi connectivity index (χ1n) is 13.4. The number of aromatic nitrogens is 3. The first kappa shape index (κ1) is 28.9. The Morgan fingerprint density at radius 2 is 2.12 bits per heavy atom. The highest BCUT2D eigenvalue weighted by Gasteiger charge is 2.53. The fourth-order valence-electron chi connectivity index (χ4n) is 6.03. The summed E-state index contributed by atoms with van der Waals surface area (Å²) >= 11 is 0. The van der Waals surface area contributed by atoms with E-state index in [-0.39, 0.29) is 35.9 Å². The lowest BCUT2D eigenvalue weighted by molar-refractivity contribution is -0.121. The predicted molar refractivity (Wildman–Crippen MR) is 150 cm³/mol. The lowest BCUT2D eigenvalue weighted by Crippen LogP contribution is -2.54. The number of nitrogens with two attached hydrogens (primary N) is 1. The molecule has 3 heterocycles. The van der Waals surface area contributed by atoms with Gasteiger partial charge in [0.05, 0.1) is 39.8 Å². The van der Waals surface area contributed by atoms with Crippen LogP contribution in [0.15, 0.2) is 54.4 Å². The molecule has 2 aromatic heterocycles. The lowest BCUT2D eigenvalue weighted by atomic mass is 9.58. The van der Waals surface area contributed by atoms with Crippen LogP contribution < -0.4 is 11.1 Å². The second-order valence-corrected chi connectivity index (χ2v) is 11.2. The number of imidazole rings is 1. The van der Waals surface area contributed by atoms with Crippen LogP contribution in [-0.2, 0) is 15.1 Å². The van der Waals surface area contributed by atoms with Crippen LogP contribution in [0.25, 0.3) is 22.2 Å². The molecule has 2 aliphatic rings. The Balaban J connectivity index is 1.31. The number of fused-ring (bicyclic) bond motifs is 3. The Kier molecular flexibility index (Phi) is 7.56. The number of ether oxygens (including phenoxy) is 1. The summed E-state index contributed by atoms with van der Waals surface area (Å²) in [6.45, 7) is 0.813. The molecule has 1 fully saturated rings. The molecule has 0 radical (unpaired) electrons. The molecular formula is C31H29F3N6O2. The number of terminal acetylenes is 1. The molecular weight excluding hydrogens is 545 g/mol. The number of nitrogens with one attached hydrogen (secondary N) is 1. The van der Waals surface area contributed by atoms with Crippen LogP contribution in [0.4, 0.5) is 13.2 Å². The topological polar surface area (TPSA) is 119 Å². The fourth-order valence-corrected chi connectivity index (χ4v) is 6.03. The van der Waals surface area contributed by atoms with Crippen molar-refractivity contribution in [2.24, 2.45) is 11.1 Å². The molecule has 2 atom stereocenters. The number of halogens is 3. The summed E-state index contributed by atoms with van der Waals surface area (Å²) in [6.07, 6.45) is 12.1. The number of carbonyl (C=O) groups is 1. The summed E-state index contributed by atoms with van der Waals surface area (Å²) in [4.78, 5) is 21.7. The Morgan fingerprint density at radius 3 is 2.79 bits per heavy atom. The summed E-state index contributed by atoms with van der Waals surface area (Å²) in [6, 6.07) is 8.99. The Bertz CT molecular complexity index is 1690. The maximum Gasteiger partial charge on any atom is 0.388 e. The van der Waals surface area contributed by atoms with Crippen LogP contribution in [0.1, 0.15) is 63.1 Å². The smallest absolute Gasteiger partial charge is 0.388 e. The van der Waals surface area contributed by atoms with E-state index < -0.39 is 23.4 Å². The van der Waals surface area contributed by atoms with Crippen LogP contribution in [0.5, 0.6) is 0 Å². The van der Waals surface area contributed by atoms with E-state index in [0.717, 1.165) is 16.6 Å². The molecule has 216 valence electrons. The number of amides is 1. The molecule has 1 saturated carbocycles. The quantitative estimate of drug-likeness (QED) is 0.207. The van der Waals surface area contributed by atoms with Gasteiger partial charge in [-0.2, -0.15) is 14.0 Å². The van der Waals surface area contributed by atoms with Gasteiger partial charge in [0.25, 0.3) is 0 Å². The number of hydrogen-bond donors (Lipinski definition) is 2. The van der Waals surface area contributed by atoms with E-state index in [9.17, 15) is 18.8 Å². The first-order chi connectivity index (χ1) is 19.9. The van der Waals surface area contributed by atoms with E-state index in [4.69, 9.17) is 17.1 Å². The minimum Gasteiger partial charge on any atom is -0.426 e. The Morgan fingerprint density at radius 1 is 1.36 bits per heavy atom. The van der Waals surface area contributed by atoms with E-state index >= 15 is 4.39 Å². The van der Waals surface area contributed by atoms with Crippen molar-refractivity contribution in [1.29, 1.82) is 5.26 Å². The van der Waals surface area contributed by atoms with Crippen molar-refractivity contribution in [3.8, 4) is 29.5 Å². The minimum absolute atomic E-state index is 0.00663. The maximum atomic E-state index is 15.2. The highest BCUT2D eigenvalue weighted by atomic mass is 19.3. The van der Waals surface area contributed by atoms with Gasteiger partial charge in [-0.3, -0.25) is 9.78 Å². The second-order valence-electron chi connectivity index (χ2n) is 11.2. The SMILES string of the molecule is C#C/C(=C\C=C/CC(=O)N[C@@H]1C[C@H](C)n2c1nc1ccc(-c3cnc([C@]4(N)C[C@@](C)(C#N)C4)c(F)c3)cc12)OC(F)F. The van der Waals surface area contributed by atoms with Crippen molar-refractivity contribution >= 4 is 16.9 Å². The third kappa shape index (κ3) is 5.48. The molecule has 0 unspecified atom stereocenters. The van der Waals surface area contributed by atoms with Gasteiger partial charge in [-0.15, -0.1) is 6.42 Å². The zero-order valence-electron chi connectivity index (χ0n) is 23.1. The van der Waals surface area contributed by atoms with E-state index in [1.165, 1.54) is 24.3 Å². The van der Waals surface area contributed by atoms with Crippen molar-refractivity contribution in [2.45, 2.75) is 63.8 Å². The molecule has 0 saturated heterocycles. The lowest BCUT2D eigenvalue weighted by Gasteiger charge is -2.48. The molecule has 42 heavy (non-hydrogen) atoms. The second kappa shape index (κ2) is 11.0. The molecule has 8 nitrogen and oxygen atoms in total. The van der Waals surface area contributed by atoms with Crippen LogP contribution in [0.3, 0.4) is 0 Å². The predicted octanol–water partition coefficient (Wildman–Crippen LogP) is 5.54. The summed E-state index contributed by atoms with van der Waals surface area (Å²) in [7, 11) is 0.